The zero-order valence-electron chi connectivity index (χ0n) is 22.1. The molecule has 1 N–H and O–H groups in total. The minimum absolute atomic E-state index is 0. The van der Waals surface area contributed by atoms with Crippen LogP contribution in [-0.2, 0) is 11.2 Å². The van der Waals surface area contributed by atoms with Crippen molar-refractivity contribution in [3.05, 3.63) is 133 Å². The number of hydrogen-bond acceptors (Lipinski definition) is 5. The lowest BCUT2D eigenvalue weighted by Gasteiger charge is -2.20. The summed E-state index contributed by atoms with van der Waals surface area (Å²) in [5, 5.41) is 14.2. The molecular formula is C31H30ClF2N3O5. The maximum Gasteiger partial charge on any atom is 0.277 e. The van der Waals surface area contributed by atoms with Crippen molar-refractivity contribution < 1.29 is 23.3 Å². The van der Waals surface area contributed by atoms with Crippen LogP contribution in [0.25, 0.3) is 11.1 Å². The van der Waals surface area contributed by atoms with Gasteiger partial charge in [0.25, 0.3) is 11.2 Å². The Balaban J connectivity index is 0.00000201. The van der Waals surface area contributed by atoms with Crippen LogP contribution in [0, 0.1) is 21.7 Å². The molecule has 1 atom stereocenters. The van der Waals surface area contributed by atoms with Crippen LogP contribution in [0.3, 0.4) is 0 Å². The third-order valence-electron chi connectivity index (χ3n) is 5.98. The number of Topliss-reactive ketones (excluding diaryl/α,β-unsaturated/α-hetero) is 1. The number of carbonyl (C=O) groups is 2. The predicted molar refractivity (Wildman–Crippen MR) is 159 cm³/mol. The molecule has 11 heteroatoms. The SMILES string of the molecule is C.CC.O=C(CNC(=O)C(Cc1ccc(F)cc1)n1ccc(-c2cc(Cl)ccc2[N+](=O)[O-])cc1=O)c1ccc(F)cc1. The van der Waals surface area contributed by atoms with Crippen LogP contribution < -0.4 is 10.9 Å². The van der Waals surface area contributed by atoms with Gasteiger partial charge in [-0.25, -0.2) is 8.78 Å². The molecule has 0 radical (unpaired) electrons. The Hall–Kier alpha value is -4.70. The molecule has 4 rings (SSSR count). The summed E-state index contributed by atoms with van der Waals surface area (Å²) in [5.74, 6) is -2.13. The second kappa shape index (κ2) is 15.3. The Morgan fingerprint density at radius 3 is 2.12 bits per heavy atom. The van der Waals surface area contributed by atoms with Gasteiger partial charge in [-0.1, -0.05) is 45.0 Å². The smallest absolute Gasteiger partial charge is 0.277 e. The molecule has 42 heavy (non-hydrogen) atoms. The lowest BCUT2D eigenvalue weighted by molar-refractivity contribution is -0.384. The van der Waals surface area contributed by atoms with Crippen LogP contribution in [0.4, 0.5) is 14.5 Å². The first-order valence-corrected chi connectivity index (χ1v) is 13.0. The van der Waals surface area contributed by atoms with Crippen molar-refractivity contribution in [3.63, 3.8) is 0 Å². The first kappa shape index (κ1) is 33.5. The van der Waals surface area contributed by atoms with Gasteiger partial charge in [-0.05, 0) is 65.7 Å². The second-order valence-electron chi connectivity index (χ2n) is 8.57. The lowest BCUT2D eigenvalue weighted by atomic mass is 10.0. The van der Waals surface area contributed by atoms with E-state index in [1.54, 1.807) is 0 Å². The minimum atomic E-state index is -1.15. The molecule has 1 amide bonds. The van der Waals surface area contributed by atoms with Gasteiger partial charge >= 0.3 is 0 Å². The fourth-order valence-corrected chi connectivity index (χ4v) is 4.17. The van der Waals surface area contributed by atoms with Crippen LogP contribution in [0.2, 0.25) is 5.02 Å². The normalized spacial score (nSPS) is 10.9. The van der Waals surface area contributed by atoms with E-state index in [-0.39, 0.29) is 41.2 Å². The van der Waals surface area contributed by atoms with Crippen LogP contribution in [0.5, 0.6) is 0 Å². The molecule has 4 aromatic rings. The quantitative estimate of drug-likeness (QED) is 0.130. The summed E-state index contributed by atoms with van der Waals surface area (Å²) in [6.07, 6.45) is 1.30. The highest BCUT2D eigenvalue weighted by molar-refractivity contribution is 6.31. The van der Waals surface area contributed by atoms with E-state index < -0.39 is 46.4 Å². The monoisotopic (exact) mass is 597 g/mol. The Morgan fingerprint density at radius 2 is 1.55 bits per heavy atom. The summed E-state index contributed by atoms with van der Waals surface area (Å²) in [7, 11) is 0. The lowest BCUT2D eigenvalue weighted by Crippen LogP contribution is -2.40. The molecule has 1 aromatic heterocycles. The summed E-state index contributed by atoms with van der Waals surface area (Å²) in [4.78, 5) is 49.8. The van der Waals surface area contributed by atoms with Crippen molar-refractivity contribution >= 4 is 29.0 Å². The van der Waals surface area contributed by atoms with Crippen molar-refractivity contribution in [2.75, 3.05) is 6.54 Å². The summed E-state index contributed by atoms with van der Waals surface area (Å²) in [5.41, 5.74) is 0.184. The number of aromatic nitrogens is 1. The summed E-state index contributed by atoms with van der Waals surface area (Å²) in [6, 6.07) is 15.6. The number of carbonyl (C=O) groups excluding carboxylic acids is 2. The van der Waals surface area contributed by atoms with Crippen LogP contribution in [-0.4, -0.2) is 27.7 Å². The zero-order valence-corrected chi connectivity index (χ0v) is 22.9. The van der Waals surface area contributed by atoms with E-state index in [1.165, 1.54) is 66.9 Å². The first-order valence-electron chi connectivity index (χ1n) is 12.6. The number of halogens is 3. The van der Waals surface area contributed by atoms with E-state index in [0.717, 1.165) is 22.8 Å². The zero-order chi connectivity index (χ0) is 30.1. The van der Waals surface area contributed by atoms with Crippen LogP contribution in [0.15, 0.2) is 89.9 Å². The Morgan fingerprint density at radius 1 is 0.952 bits per heavy atom. The molecule has 0 spiro atoms. The molecule has 0 saturated heterocycles. The molecule has 1 unspecified atom stereocenters. The van der Waals surface area contributed by atoms with E-state index in [2.05, 4.69) is 5.32 Å². The average molecular weight is 598 g/mol. The van der Waals surface area contributed by atoms with Gasteiger partial charge in [0.05, 0.1) is 17.0 Å². The van der Waals surface area contributed by atoms with Crippen molar-refractivity contribution in [3.8, 4) is 11.1 Å². The fourth-order valence-electron chi connectivity index (χ4n) is 4.00. The van der Waals surface area contributed by atoms with E-state index in [0.29, 0.717) is 5.56 Å². The molecule has 3 aromatic carbocycles. The minimum Gasteiger partial charge on any atom is -0.347 e. The van der Waals surface area contributed by atoms with Gasteiger partial charge in [-0.15, -0.1) is 0 Å². The largest absolute Gasteiger partial charge is 0.347 e. The molecule has 1 heterocycles. The van der Waals surface area contributed by atoms with Gasteiger partial charge in [0.15, 0.2) is 5.78 Å². The van der Waals surface area contributed by atoms with E-state index in [9.17, 15) is 33.3 Å². The molecule has 0 aliphatic heterocycles. The molecule has 0 bridgehead atoms. The number of nitro benzene ring substituents is 1. The maximum absolute atomic E-state index is 13.4. The van der Waals surface area contributed by atoms with Crippen LogP contribution in [0.1, 0.15) is 43.2 Å². The molecule has 0 saturated carbocycles. The van der Waals surface area contributed by atoms with Gasteiger partial charge in [0.2, 0.25) is 5.91 Å². The number of nitrogens with one attached hydrogen (secondary N) is 1. The Labute approximate surface area is 246 Å². The summed E-state index contributed by atoms with van der Waals surface area (Å²) < 4.78 is 27.7. The first-order chi connectivity index (χ1) is 19.6. The van der Waals surface area contributed by atoms with Gasteiger partial charge in [0, 0.05) is 35.3 Å². The topological polar surface area (TPSA) is 111 Å². The van der Waals surface area contributed by atoms with Crippen molar-refractivity contribution in [2.24, 2.45) is 0 Å². The number of nitro groups is 1. The molecule has 0 aliphatic carbocycles. The van der Waals surface area contributed by atoms with Gasteiger partial charge in [0.1, 0.15) is 17.7 Å². The number of benzene rings is 3. The maximum atomic E-state index is 13.4. The van der Waals surface area contributed by atoms with Gasteiger partial charge in [-0.3, -0.25) is 24.5 Å². The fraction of sp³-hybridized carbons (Fsp3) is 0.194. The number of ketones is 1. The third-order valence-corrected chi connectivity index (χ3v) is 6.22. The van der Waals surface area contributed by atoms with Crippen molar-refractivity contribution in [1.82, 2.24) is 9.88 Å². The number of rotatable bonds is 9. The molecule has 0 fully saturated rings. The summed E-state index contributed by atoms with van der Waals surface area (Å²) in [6.45, 7) is 3.59. The third kappa shape index (κ3) is 8.40. The highest BCUT2D eigenvalue weighted by Gasteiger charge is 2.24. The Bertz CT molecular complexity index is 1610. The number of hydrogen-bond donors (Lipinski definition) is 1. The Kier molecular flexibility index (Phi) is 12.2. The molecule has 220 valence electrons. The highest BCUT2D eigenvalue weighted by Crippen LogP contribution is 2.32. The van der Waals surface area contributed by atoms with Gasteiger partial charge in [-0.2, -0.15) is 0 Å². The van der Waals surface area contributed by atoms with E-state index >= 15 is 0 Å². The van der Waals surface area contributed by atoms with Crippen molar-refractivity contribution in [1.29, 1.82) is 0 Å². The average Bonchev–Trinajstić information content (AvgIpc) is 2.97. The molecule has 8 nitrogen and oxygen atoms in total. The number of amides is 1. The standard InChI is InChI=1S/C28H20ClF2N3O5.C2H6.CH4/c29-20-5-10-24(34(38)39)23(15-20)19-11-12-33(27(36)14-19)25(13-17-1-6-21(30)7-2-17)28(37)32-16-26(35)18-3-8-22(31)9-4-18;1-2;/h1-12,14-15,25H,13,16H2,(H,32,37);1-2H3;1H4. The highest BCUT2D eigenvalue weighted by atomic mass is 35.5. The molecular weight excluding hydrogens is 568 g/mol. The number of pyridine rings is 1. The van der Waals surface area contributed by atoms with Gasteiger partial charge < -0.3 is 9.88 Å². The van der Waals surface area contributed by atoms with Crippen molar-refractivity contribution in [2.45, 2.75) is 33.7 Å². The van der Waals surface area contributed by atoms with E-state index in [4.69, 9.17) is 11.6 Å². The van der Waals surface area contributed by atoms with Crippen LogP contribution >= 0.6 is 11.6 Å². The molecule has 0 aliphatic rings. The predicted octanol–water partition coefficient (Wildman–Crippen LogP) is 6.80. The second-order valence-corrected chi connectivity index (χ2v) is 9.01. The summed E-state index contributed by atoms with van der Waals surface area (Å²) >= 11 is 6.02. The van der Waals surface area contributed by atoms with E-state index in [1.807, 2.05) is 13.8 Å². The number of nitrogens with zero attached hydrogens (tertiary/aromatic N) is 2.